The van der Waals surface area contributed by atoms with Crippen LogP contribution in [-0.2, 0) is 9.47 Å². The predicted octanol–water partition coefficient (Wildman–Crippen LogP) is 3.75. The minimum Gasteiger partial charge on any atom is -0.444 e. The Morgan fingerprint density at radius 1 is 1.21 bits per heavy atom. The number of hydrogen-bond donors (Lipinski definition) is 0. The van der Waals surface area contributed by atoms with Gasteiger partial charge in [0, 0.05) is 49.0 Å². The van der Waals surface area contributed by atoms with Gasteiger partial charge in [-0.2, -0.15) is 4.98 Å². The van der Waals surface area contributed by atoms with E-state index in [9.17, 15) is 4.79 Å². The molecule has 8 heteroatoms. The van der Waals surface area contributed by atoms with Crippen molar-refractivity contribution < 1.29 is 18.8 Å². The quantitative estimate of drug-likeness (QED) is 0.775. The van der Waals surface area contributed by atoms with Crippen LogP contribution >= 0.6 is 0 Å². The van der Waals surface area contributed by atoms with E-state index in [0.717, 1.165) is 37.1 Å². The van der Waals surface area contributed by atoms with E-state index >= 15 is 0 Å². The molecule has 2 aromatic heterocycles. The number of likely N-dealkylation sites (tertiary alicyclic amines) is 1. The van der Waals surface area contributed by atoms with E-state index in [4.69, 9.17) is 14.0 Å². The van der Waals surface area contributed by atoms with Crippen molar-refractivity contribution in [2.45, 2.75) is 57.5 Å². The lowest BCUT2D eigenvalue weighted by Gasteiger charge is -2.32. The van der Waals surface area contributed by atoms with Gasteiger partial charge in [-0.05, 0) is 52.2 Å². The number of piperidine rings is 1. The summed E-state index contributed by atoms with van der Waals surface area (Å²) in [6.45, 7) is 8.37. The van der Waals surface area contributed by atoms with Crippen LogP contribution in [0, 0.1) is 0 Å². The molecule has 0 N–H and O–H groups in total. The maximum Gasteiger partial charge on any atom is 0.410 e. The highest BCUT2D eigenvalue weighted by Gasteiger charge is 2.30. The number of hydrogen-bond acceptors (Lipinski definition) is 7. The minimum atomic E-state index is -0.483. The molecule has 156 valence electrons. The van der Waals surface area contributed by atoms with Crippen LogP contribution in [0.3, 0.4) is 0 Å². The normalized spacial score (nSPS) is 20.8. The standard InChI is InChI=1S/C21H28N4O4/c1-21(2,3)28-20(26)25-9-5-14(6-10-25)19-23-18(24-29-19)15-4-8-22-17(12-15)16-7-11-27-13-16/h4,8,12,14,16H,5-7,9-11,13H2,1-3H3. The van der Waals surface area contributed by atoms with Gasteiger partial charge in [-0.1, -0.05) is 5.16 Å². The minimum absolute atomic E-state index is 0.152. The largest absolute Gasteiger partial charge is 0.444 e. The molecule has 0 radical (unpaired) electrons. The van der Waals surface area contributed by atoms with E-state index < -0.39 is 5.60 Å². The summed E-state index contributed by atoms with van der Waals surface area (Å²) < 4.78 is 16.5. The Labute approximate surface area is 170 Å². The van der Waals surface area contributed by atoms with E-state index in [1.165, 1.54) is 0 Å². The average Bonchev–Trinajstić information content (AvgIpc) is 3.39. The Morgan fingerprint density at radius 2 is 2.00 bits per heavy atom. The van der Waals surface area contributed by atoms with Crippen molar-refractivity contribution in [3.63, 3.8) is 0 Å². The third kappa shape index (κ3) is 4.75. The van der Waals surface area contributed by atoms with Crippen LogP contribution in [-0.4, -0.2) is 58.0 Å². The van der Waals surface area contributed by atoms with E-state index in [1.54, 1.807) is 11.1 Å². The summed E-state index contributed by atoms with van der Waals surface area (Å²) in [5.74, 6) is 1.70. The van der Waals surface area contributed by atoms with Crippen molar-refractivity contribution >= 4 is 6.09 Å². The molecule has 0 aliphatic carbocycles. The zero-order valence-corrected chi connectivity index (χ0v) is 17.3. The highest BCUT2D eigenvalue weighted by Crippen LogP contribution is 2.30. The van der Waals surface area contributed by atoms with E-state index in [0.29, 0.717) is 37.3 Å². The second kappa shape index (κ2) is 8.10. The molecule has 0 bridgehead atoms. The van der Waals surface area contributed by atoms with Gasteiger partial charge in [0.05, 0.1) is 6.61 Å². The van der Waals surface area contributed by atoms with Crippen molar-refractivity contribution in [3.05, 3.63) is 29.9 Å². The van der Waals surface area contributed by atoms with Crippen LogP contribution in [0.2, 0.25) is 0 Å². The fraction of sp³-hybridized carbons (Fsp3) is 0.619. The highest BCUT2D eigenvalue weighted by atomic mass is 16.6. The van der Waals surface area contributed by atoms with Crippen molar-refractivity contribution in [3.8, 4) is 11.4 Å². The van der Waals surface area contributed by atoms with Gasteiger partial charge in [-0.3, -0.25) is 4.98 Å². The molecule has 2 saturated heterocycles. The van der Waals surface area contributed by atoms with Crippen LogP contribution in [0.25, 0.3) is 11.4 Å². The molecule has 1 atom stereocenters. The lowest BCUT2D eigenvalue weighted by atomic mass is 9.97. The molecule has 0 saturated carbocycles. The summed E-state index contributed by atoms with van der Waals surface area (Å²) in [4.78, 5) is 23.1. The lowest BCUT2D eigenvalue weighted by molar-refractivity contribution is 0.0198. The van der Waals surface area contributed by atoms with Crippen LogP contribution in [0.5, 0.6) is 0 Å². The topological polar surface area (TPSA) is 90.6 Å². The molecule has 2 aromatic rings. The van der Waals surface area contributed by atoms with E-state index in [-0.39, 0.29) is 12.0 Å². The average molecular weight is 400 g/mol. The number of carbonyl (C=O) groups excluding carboxylic acids is 1. The third-order valence-corrected chi connectivity index (χ3v) is 5.32. The van der Waals surface area contributed by atoms with E-state index in [2.05, 4.69) is 15.1 Å². The van der Waals surface area contributed by atoms with Crippen LogP contribution in [0.1, 0.15) is 63.5 Å². The van der Waals surface area contributed by atoms with Gasteiger partial charge < -0.3 is 18.9 Å². The van der Waals surface area contributed by atoms with Crippen molar-refractivity contribution in [1.82, 2.24) is 20.0 Å². The van der Waals surface area contributed by atoms with Gasteiger partial charge in [0.2, 0.25) is 11.7 Å². The summed E-state index contributed by atoms with van der Waals surface area (Å²) in [5.41, 5.74) is 1.43. The number of amides is 1. The van der Waals surface area contributed by atoms with Gasteiger partial charge in [0.25, 0.3) is 0 Å². The molecular formula is C21H28N4O4. The van der Waals surface area contributed by atoms with Gasteiger partial charge >= 0.3 is 6.09 Å². The van der Waals surface area contributed by atoms with Crippen molar-refractivity contribution in [2.24, 2.45) is 0 Å². The van der Waals surface area contributed by atoms with Gasteiger partial charge in [-0.15, -0.1) is 0 Å². The molecule has 1 unspecified atom stereocenters. The number of carbonyl (C=O) groups is 1. The molecule has 4 heterocycles. The summed E-state index contributed by atoms with van der Waals surface area (Å²) in [6.07, 6.45) is 4.08. The van der Waals surface area contributed by atoms with Gasteiger partial charge in [0.15, 0.2) is 0 Å². The van der Waals surface area contributed by atoms with Gasteiger partial charge in [0.1, 0.15) is 5.60 Å². The summed E-state index contributed by atoms with van der Waals surface area (Å²) >= 11 is 0. The second-order valence-electron chi connectivity index (χ2n) is 8.73. The fourth-order valence-electron chi connectivity index (χ4n) is 3.73. The maximum atomic E-state index is 12.2. The third-order valence-electron chi connectivity index (χ3n) is 5.32. The molecular weight excluding hydrogens is 372 g/mol. The molecule has 0 aromatic carbocycles. The van der Waals surface area contributed by atoms with E-state index in [1.807, 2.05) is 32.9 Å². The SMILES string of the molecule is CC(C)(C)OC(=O)N1CCC(c2nc(-c3ccnc(C4CCOC4)c3)no2)CC1. The maximum absolute atomic E-state index is 12.2. The number of rotatable bonds is 3. The highest BCUT2D eigenvalue weighted by molar-refractivity contribution is 5.68. The Hall–Kier alpha value is -2.48. The zero-order chi connectivity index (χ0) is 20.4. The molecule has 2 aliphatic heterocycles. The predicted molar refractivity (Wildman–Crippen MR) is 105 cm³/mol. The Kier molecular flexibility index (Phi) is 5.54. The number of ether oxygens (including phenoxy) is 2. The first-order valence-electron chi connectivity index (χ1n) is 10.2. The lowest BCUT2D eigenvalue weighted by Crippen LogP contribution is -2.41. The fourth-order valence-corrected chi connectivity index (χ4v) is 3.73. The summed E-state index contributed by atoms with van der Waals surface area (Å²) in [5, 5.41) is 4.18. The smallest absolute Gasteiger partial charge is 0.410 e. The Morgan fingerprint density at radius 3 is 2.69 bits per heavy atom. The van der Waals surface area contributed by atoms with Crippen molar-refractivity contribution in [2.75, 3.05) is 26.3 Å². The van der Waals surface area contributed by atoms with Crippen molar-refractivity contribution in [1.29, 1.82) is 0 Å². The first-order chi connectivity index (χ1) is 13.9. The molecule has 0 spiro atoms. The molecule has 29 heavy (non-hydrogen) atoms. The van der Waals surface area contributed by atoms with Crippen LogP contribution < -0.4 is 0 Å². The summed E-state index contributed by atoms with van der Waals surface area (Å²) in [7, 11) is 0. The monoisotopic (exact) mass is 400 g/mol. The van der Waals surface area contributed by atoms with Crippen LogP contribution in [0.4, 0.5) is 4.79 Å². The molecule has 2 aliphatic rings. The van der Waals surface area contributed by atoms with Crippen LogP contribution in [0.15, 0.2) is 22.9 Å². The number of aromatic nitrogens is 3. The summed E-state index contributed by atoms with van der Waals surface area (Å²) in [6, 6.07) is 3.93. The van der Waals surface area contributed by atoms with Gasteiger partial charge in [-0.25, -0.2) is 4.79 Å². The number of pyridine rings is 1. The second-order valence-corrected chi connectivity index (χ2v) is 8.73. The first kappa shape index (κ1) is 19.8. The number of nitrogens with zero attached hydrogens (tertiary/aromatic N) is 4. The molecule has 1 amide bonds. The Balaban J connectivity index is 1.39. The molecule has 8 nitrogen and oxygen atoms in total. The molecule has 2 fully saturated rings. The zero-order valence-electron chi connectivity index (χ0n) is 17.3. The Bertz CT molecular complexity index is 846. The molecule has 4 rings (SSSR count). The first-order valence-corrected chi connectivity index (χ1v) is 10.2.